The van der Waals surface area contributed by atoms with Crippen molar-refractivity contribution in [3.05, 3.63) is 0 Å². The molecule has 1 saturated carbocycles. The van der Waals surface area contributed by atoms with Gasteiger partial charge in [0.25, 0.3) is 0 Å². The second kappa shape index (κ2) is 2.40. The molecule has 0 bridgehead atoms. The van der Waals surface area contributed by atoms with Crippen LogP contribution in [0.4, 0.5) is 13.2 Å². The zero-order chi connectivity index (χ0) is 7.83. The van der Waals surface area contributed by atoms with E-state index in [1.54, 1.807) is 0 Å². The summed E-state index contributed by atoms with van der Waals surface area (Å²) < 4.78 is 35.3. The Balaban J connectivity index is 2.38. The van der Waals surface area contributed by atoms with Gasteiger partial charge in [-0.3, -0.25) is 0 Å². The molecule has 4 heteroatoms. The van der Waals surface area contributed by atoms with Crippen molar-refractivity contribution in [3.8, 4) is 0 Å². The molecule has 0 unspecified atom stereocenters. The van der Waals surface area contributed by atoms with E-state index in [1.165, 1.54) is 0 Å². The lowest BCUT2D eigenvalue weighted by Gasteiger charge is -2.13. The maximum absolute atomic E-state index is 11.8. The maximum atomic E-state index is 11.8. The summed E-state index contributed by atoms with van der Waals surface area (Å²) in [5.41, 5.74) is -0.432. The Morgan fingerprint density at radius 3 is 1.90 bits per heavy atom. The molecular formula is C6H8BrF3. The lowest BCUT2D eigenvalue weighted by molar-refractivity contribution is -0.145. The Morgan fingerprint density at radius 2 is 1.80 bits per heavy atom. The normalized spacial score (nSPS) is 22.8. The van der Waals surface area contributed by atoms with Gasteiger partial charge in [-0.15, -0.1) is 0 Å². The molecule has 10 heavy (non-hydrogen) atoms. The first kappa shape index (κ1) is 8.37. The van der Waals surface area contributed by atoms with Crippen LogP contribution in [0.1, 0.15) is 19.3 Å². The van der Waals surface area contributed by atoms with E-state index in [4.69, 9.17) is 0 Å². The van der Waals surface area contributed by atoms with Crippen LogP contribution in [0.2, 0.25) is 0 Å². The molecule has 1 aliphatic carbocycles. The van der Waals surface area contributed by atoms with Crippen LogP contribution in [-0.4, -0.2) is 11.5 Å². The van der Waals surface area contributed by atoms with Gasteiger partial charge in [0.15, 0.2) is 0 Å². The summed E-state index contributed by atoms with van der Waals surface area (Å²) in [6.45, 7) is 0. The number of hydrogen-bond donors (Lipinski definition) is 0. The molecule has 60 valence electrons. The smallest absolute Gasteiger partial charge is 0.171 e. The number of halogens is 4. The second-order valence-electron chi connectivity index (χ2n) is 2.93. The minimum atomic E-state index is -3.98. The number of hydrogen-bond acceptors (Lipinski definition) is 0. The fourth-order valence-corrected chi connectivity index (χ4v) is 1.72. The van der Waals surface area contributed by atoms with E-state index in [9.17, 15) is 13.2 Å². The monoisotopic (exact) mass is 216 g/mol. The first-order chi connectivity index (χ1) is 4.47. The molecule has 0 radical (unpaired) electrons. The molecule has 0 heterocycles. The van der Waals surface area contributed by atoms with Gasteiger partial charge in [0.05, 0.1) is 0 Å². The van der Waals surface area contributed by atoms with Crippen LogP contribution in [0, 0.1) is 5.41 Å². The van der Waals surface area contributed by atoms with Crippen molar-refractivity contribution < 1.29 is 13.2 Å². The van der Waals surface area contributed by atoms with Crippen molar-refractivity contribution in [2.24, 2.45) is 5.41 Å². The van der Waals surface area contributed by atoms with Gasteiger partial charge in [-0.1, -0.05) is 15.9 Å². The largest absolute Gasteiger partial charge is 0.389 e. The van der Waals surface area contributed by atoms with Gasteiger partial charge in [-0.25, -0.2) is 0 Å². The quantitative estimate of drug-likeness (QED) is 0.623. The lowest BCUT2D eigenvalue weighted by Crippen LogP contribution is -2.16. The molecule has 1 aliphatic rings. The lowest BCUT2D eigenvalue weighted by atomic mass is 10.1. The Kier molecular flexibility index (Phi) is 2.00. The van der Waals surface area contributed by atoms with Crippen LogP contribution in [0.25, 0.3) is 0 Å². The van der Waals surface area contributed by atoms with Crippen LogP contribution < -0.4 is 0 Å². The van der Waals surface area contributed by atoms with E-state index in [0.29, 0.717) is 5.33 Å². The van der Waals surface area contributed by atoms with E-state index in [2.05, 4.69) is 15.9 Å². The number of alkyl halides is 4. The third-order valence-corrected chi connectivity index (χ3v) is 3.01. The molecule has 0 aromatic carbocycles. The Morgan fingerprint density at radius 1 is 1.30 bits per heavy atom. The highest BCUT2D eigenvalue weighted by atomic mass is 79.9. The molecule has 0 saturated heterocycles. The van der Waals surface area contributed by atoms with E-state index in [-0.39, 0.29) is 0 Å². The van der Waals surface area contributed by atoms with E-state index < -0.39 is 18.0 Å². The minimum absolute atomic E-state index is 0.432. The fourth-order valence-electron chi connectivity index (χ4n) is 0.960. The van der Waals surface area contributed by atoms with Gasteiger partial charge < -0.3 is 0 Å². The van der Waals surface area contributed by atoms with Crippen molar-refractivity contribution in [1.82, 2.24) is 0 Å². The molecule has 1 rings (SSSR count). The topological polar surface area (TPSA) is 0 Å². The summed E-state index contributed by atoms with van der Waals surface area (Å²) in [6, 6.07) is 0. The molecule has 0 aromatic rings. The van der Waals surface area contributed by atoms with Crippen molar-refractivity contribution in [1.29, 1.82) is 0 Å². The van der Waals surface area contributed by atoms with Crippen LogP contribution in [0.5, 0.6) is 0 Å². The van der Waals surface area contributed by atoms with Gasteiger partial charge in [0.1, 0.15) is 0 Å². The van der Waals surface area contributed by atoms with Gasteiger partial charge in [-0.05, 0) is 18.3 Å². The first-order valence-corrected chi connectivity index (χ1v) is 4.22. The highest BCUT2D eigenvalue weighted by Gasteiger charge is 2.49. The highest BCUT2D eigenvalue weighted by Crippen LogP contribution is 2.53. The van der Waals surface area contributed by atoms with Crippen molar-refractivity contribution in [3.63, 3.8) is 0 Å². The molecule has 0 nitrogen and oxygen atoms in total. The summed E-state index contributed by atoms with van der Waals surface area (Å²) in [4.78, 5) is 0. The SMILES string of the molecule is FC(F)(F)CC1(CBr)CC1. The standard InChI is InChI=1S/C6H8BrF3/c7-4-5(1-2-5)3-6(8,9)10/h1-4H2. The van der Waals surface area contributed by atoms with Crippen LogP contribution in [0.3, 0.4) is 0 Å². The van der Waals surface area contributed by atoms with Crippen molar-refractivity contribution >= 4 is 15.9 Å². The molecule has 0 N–H and O–H groups in total. The Bertz CT molecular complexity index is 125. The van der Waals surface area contributed by atoms with Crippen molar-refractivity contribution in [2.75, 3.05) is 5.33 Å². The summed E-state index contributed by atoms with van der Waals surface area (Å²) in [5.74, 6) is 0. The van der Waals surface area contributed by atoms with E-state index in [1.807, 2.05) is 0 Å². The predicted octanol–water partition coefficient (Wildman–Crippen LogP) is 3.11. The van der Waals surface area contributed by atoms with Crippen LogP contribution in [-0.2, 0) is 0 Å². The van der Waals surface area contributed by atoms with E-state index in [0.717, 1.165) is 12.8 Å². The molecule has 0 amide bonds. The molecular weight excluding hydrogens is 209 g/mol. The Hall–Kier alpha value is 0.270. The average Bonchev–Trinajstić information content (AvgIpc) is 2.45. The van der Waals surface area contributed by atoms with Gasteiger partial charge in [-0.2, -0.15) is 13.2 Å². The van der Waals surface area contributed by atoms with Gasteiger partial charge in [0, 0.05) is 11.8 Å². The van der Waals surface area contributed by atoms with E-state index >= 15 is 0 Å². The van der Waals surface area contributed by atoms with Gasteiger partial charge in [0.2, 0.25) is 0 Å². The summed E-state index contributed by atoms with van der Waals surface area (Å²) in [6.07, 6.45) is -3.16. The zero-order valence-corrected chi connectivity index (χ0v) is 6.93. The zero-order valence-electron chi connectivity index (χ0n) is 5.34. The summed E-state index contributed by atoms with van der Waals surface area (Å²) in [5, 5.41) is 0.486. The second-order valence-corrected chi connectivity index (χ2v) is 3.49. The Labute approximate surface area is 65.9 Å². The third-order valence-electron chi connectivity index (χ3n) is 1.82. The summed E-state index contributed by atoms with van der Waals surface area (Å²) in [7, 11) is 0. The number of rotatable bonds is 2. The minimum Gasteiger partial charge on any atom is -0.171 e. The summed E-state index contributed by atoms with van der Waals surface area (Å²) >= 11 is 3.09. The van der Waals surface area contributed by atoms with Gasteiger partial charge >= 0.3 is 6.18 Å². The molecule has 0 aromatic heterocycles. The molecule has 0 atom stereocenters. The first-order valence-electron chi connectivity index (χ1n) is 3.10. The fraction of sp³-hybridized carbons (Fsp3) is 1.00. The molecule has 1 fully saturated rings. The maximum Gasteiger partial charge on any atom is 0.389 e. The third kappa shape index (κ3) is 2.15. The van der Waals surface area contributed by atoms with Crippen molar-refractivity contribution in [2.45, 2.75) is 25.4 Å². The van der Waals surface area contributed by atoms with Crippen LogP contribution >= 0.6 is 15.9 Å². The molecule has 0 aliphatic heterocycles. The highest BCUT2D eigenvalue weighted by molar-refractivity contribution is 9.09. The molecule has 0 spiro atoms. The average molecular weight is 217 g/mol. The van der Waals surface area contributed by atoms with Crippen LogP contribution in [0.15, 0.2) is 0 Å². The predicted molar refractivity (Wildman–Crippen MR) is 36.1 cm³/mol.